The largest absolute Gasteiger partial charge is 0.326 e. The van der Waals surface area contributed by atoms with Crippen molar-refractivity contribution in [2.24, 2.45) is 0 Å². The molecule has 1 atom stereocenters. The second kappa shape index (κ2) is 6.86. The minimum Gasteiger partial charge on any atom is -0.326 e. The van der Waals surface area contributed by atoms with E-state index in [0.717, 1.165) is 19.4 Å². The fourth-order valence-corrected chi connectivity index (χ4v) is 2.67. The fourth-order valence-electron chi connectivity index (χ4n) is 2.12. The number of nitrogens with one attached hydrogen (secondary N) is 2. The molecule has 1 aliphatic rings. The molecule has 104 valence electrons. The zero-order valence-electron chi connectivity index (χ0n) is 10.4. The van der Waals surface area contributed by atoms with Gasteiger partial charge in [0.25, 0.3) is 5.76 Å². The zero-order valence-corrected chi connectivity index (χ0v) is 11.2. The van der Waals surface area contributed by atoms with Crippen molar-refractivity contribution in [2.75, 3.05) is 11.9 Å². The summed E-state index contributed by atoms with van der Waals surface area (Å²) < 4.78 is 24.5. The molecule has 0 aromatic heterocycles. The molecule has 3 nitrogen and oxygen atoms in total. The van der Waals surface area contributed by atoms with Crippen LogP contribution in [0.5, 0.6) is 0 Å². The number of carbonyl (C=O) groups excluding carboxylic acids is 1. The second-order valence-electron chi connectivity index (χ2n) is 4.45. The number of amides is 1. The van der Waals surface area contributed by atoms with Crippen LogP contribution >= 0.6 is 11.8 Å². The van der Waals surface area contributed by atoms with Gasteiger partial charge in [0.1, 0.15) is 0 Å². The van der Waals surface area contributed by atoms with Crippen molar-refractivity contribution in [3.8, 4) is 0 Å². The summed E-state index contributed by atoms with van der Waals surface area (Å²) in [5.41, 5.74) is 0.564. The van der Waals surface area contributed by atoms with Crippen molar-refractivity contribution in [3.63, 3.8) is 0 Å². The highest BCUT2D eigenvalue weighted by atomic mass is 32.2. The molecule has 2 N–H and O–H groups in total. The molecule has 1 aromatic carbocycles. The first-order chi connectivity index (χ1) is 9.13. The van der Waals surface area contributed by atoms with Gasteiger partial charge in [-0.1, -0.05) is 17.8 Å². The maximum Gasteiger partial charge on any atom is 0.288 e. The number of alkyl halides is 2. The van der Waals surface area contributed by atoms with E-state index in [4.69, 9.17) is 0 Å². The first-order valence-electron chi connectivity index (χ1n) is 6.21. The normalized spacial score (nSPS) is 18.8. The molecule has 1 fully saturated rings. The number of anilines is 1. The number of halogens is 2. The monoisotopic (exact) mass is 286 g/mol. The molecule has 19 heavy (non-hydrogen) atoms. The van der Waals surface area contributed by atoms with E-state index in [1.54, 1.807) is 24.3 Å². The highest BCUT2D eigenvalue weighted by Gasteiger charge is 2.17. The number of hydrogen-bond acceptors (Lipinski definition) is 3. The van der Waals surface area contributed by atoms with Crippen LogP contribution in [0.15, 0.2) is 29.2 Å². The maximum absolute atomic E-state index is 12.3. The van der Waals surface area contributed by atoms with E-state index in [2.05, 4.69) is 10.6 Å². The third-order valence-electron chi connectivity index (χ3n) is 2.94. The van der Waals surface area contributed by atoms with Crippen LogP contribution in [0.1, 0.15) is 19.3 Å². The third kappa shape index (κ3) is 4.80. The van der Waals surface area contributed by atoms with E-state index >= 15 is 0 Å². The number of benzene rings is 1. The van der Waals surface area contributed by atoms with Gasteiger partial charge in [0.2, 0.25) is 5.91 Å². The van der Waals surface area contributed by atoms with Crippen LogP contribution < -0.4 is 10.6 Å². The van der Waals surface area contributed by atoms with E-state index < -0.39 is 5.76 Å². The Hall–Kier alpha value is -1.14. The molecular weight excluding hydrogens is 270 g/mol. The van der Waals surface area contributed by atoms with Crippen LogP contribution in [0, 0.1) is 0 Å². The summed E-state index contributed by atoms with van der Waals surface area (Å²) in [5.74, 6) is -2.53. The topological polar surface area (TPSA) is 41.1 Å². The van der Waals surface area contributed by atoms with Crippen molar-refractivity contribution in [2.45, 2.75) is 36.0 Å². The maximum atomic E-state index is 12.3. The first kappa shape index (κ1) is 14.3. The molecule has 1 saturated heterocycles. The predicted octanol–water partition coefficient (Wildman–Crippen LogP) is 3.08. The highest BCUT2D eigenvalue weighted by molar-refractivity contribution is 7.99. The van der Waals surface area contributed by atoms with Crippen LogP contribution in [0.3, 0.4) is 0 Å². The van der Waals surface area contributed by atoms with Crippen molar-refractivity contribution < 1.29 is 13.6 Å². The molecule has 0 saturated carbocycles. The lowest BCUT2D eigenvalue weighted by Gasteiger charge is -2.11. The van der Waals surface area contributed by atoms with Gasteiger partial charge in [0.15, 0.2) is 0 Å². The summed E-state index contributed by atoms with van der Waals surface area (Å²) in [5, 5.41) is 5.99. The van der Waals surface area contributed by atoms with Gasteiger partial charge in [-0.2, -0.15) is 8.78 Å². The lowest BCUT2D eigenvalue weighted by Crippen LogP contribution is -2.27. The molecular formula is C13H16F2N2OS. The predicted molar refractivity (Wildman–Crippen MR) is 72.6 cm³/mol. The molecule has 1 amide bonds. The summed E-state index contributed by atoms with van der Waals surface area (Å²) in [6, 6.07) is 6.77. The number of hydrogen-bond donors (Lipinski definition) is 2. The molecule has 1 unspecified atom stereocenters. The molecule has 0 aliphatic carbocycles. The number of thioether (sulfide) groups is 1. The smallest absolute Gasteiger partial charge is 0.288 e. The Bertz CT molecular complexity index is 436. The van der Waals surface area contributed by atoms with E-state index in [-0.39, 0.29) is 11.9 Å². The standard InChI is InChI=1S/C13H16F2N2OS/c14-13(15)19-11-5-1-3-10(7-11)17-12(18)8-9-4-2-6-16-9/h1,3,5,7,9,13,16H,2,4,6,8H2,(H,17,18). The Labute approximate surface area is 115 Å². The highest BCUT2D eigenvalue weighted by Crippen LogP contribution is 2.27. The average molecular weight is 286 g/mol. The molecule has 2 rings (SSSR count). The summed E-state index contributed by atoms with van der Waals surface area (Å²) in [6.45, 7) is 0.957. The van der Waals surface area contributed by atoms with Gasteiger partial charge in [-0.15, -0.1) is 0 Å². The van der Waals surface area contributed by atoms with Gasteiger partial charge in [-0.25, -0.2) is 0 Å². The number of carbonyl (C=O) groups is 1. The van der Waals surface area contributed by atoms with Crippen LogP contribution in [0.25, 0.3) is 0 Å². The van der Waals surface area contributed by atoms with E-state index in [0.29, 0.717) is 28.8 Å². The number of rotatable bonds is 5. The molecule has 1 aliphatic heterocycles. The van der Waals surface area contributed by atoms with Gasteiger partial charge in [-0.3, -0.25) is 4.79 Å². The molecule has 6 heteroatoms. The Morgan fingerprint density at radius 2 is 2.37 bits per heavy atom. The van der Waals surface area contributed by atoms with Crippen LogP contribution in [-0.4, -0.2) is 24.3 Å². The third-order valence-corrected chi connectivity index (χ3v) is 3.64. The Morgan fingerprint density at radius 1 is 1.53 bits per heavy atom. The van der Waals surface area contributed by atoms with Gasteiger partial charge >= 0.3 is 0 Å². The molecule has 0 bridgehead atoms. The van der Waals surface area contributed by atoms with Gasteiger partial charge in [-0.05, 0) is 37.6 Å². The Kier molecular flexibility index (Phi) is 5.15. The van der Waals surface area contributed by atoms with Crippen molar-refractivity contribution in [3.05, 3.63) is 24.3 Å². The Balaban J connectivity index is 1.88. The summed E-state index contributed by atoms with van der Waals surface area (Å²) in [4.78, 5) is 12.2. The minimum absolute atomic E-state index is 0.0846. The molecule has 0 spiro atoms. The van der Waals surface area contributed by atoms with Crippen LogP contribution in [0.4, 0.5) is 14.5 Å². The SMILES string of the molecule is O=C(CC1CCCN1)Nc1cccc(SC(F)F)c1. The lowest BCUT2D eigenvalue weighted by atomic mass is 10.1. The molecule has 0 radical (unpaired) electrons. The van der Waals surface area contributed by atoms with Crippen LogP contribution in [-0.2, 0) is 4.79 Å². The molecule has 1 aromatic rings. The van der Waals surface area contributed by atoms with Gasteiger partial charge < -0.3 is 10.6 Å². The first-order valence-corrected chi connectivity index (χ1v) is 7.09. The van der Waals surface area contributed by atoms with Gasteiger partial charge in [0, 0.05) is 23.0 Å². The lowest BCUT2D eigenvalue weighted by molar-refractivity contribution is -0.116. The van der Waals surface area contributed by atoms with E-state index in [1.165, 1.54) is 0 Å². The molecule has 1 heterocycles. The Morgan fingerprint density at radius 3 is 3.05 bits per heavy atom. The summed E-state index contributed by atoms with van der Waals surface area (Å²) in [6.07, 6.45) is 2.53. The summed E-state index contributed by atoms with van der Waals surface area (Å²) >= 11 is 0.476. The van der Waals surface area contributed by atoms with Crippen molar-refractivity contribution in [1.29, 1.82) is 0 Å². The minimum atomic E-state index is -2.45. The van der Waals surface area contributed by atoms with E-state index in [9.17, 15) is 13.6 Å². The van der Waals surface area contributed by atoms with Crippen LogP contribution in [0.2, 0.25) is 0 Å². The average Bonchev–Trinajstić information content (AvgIpc) is 2.81. The fraction of sp³-hybridized carbons (Fsp3) is 0.462. The zero-order chi connectivity index (χ0) is 13.7. The van der Waals surface area contributed by atoms with Crippen molar-refractivity contribution in [1.82, 2.24) is 5.32 Å². The second-order valence-corrected chi connectivity index (χ2v) is 5.52. The quantitative estimate of drug-likeness (QED) is 0.817. The van der Waals surface area contributed by atoms with E-state index in [1.807, 2.05) is 0 Å². The van der Waals surface area contributed by atoms with Crippen molar-refractivity contribution >= 4 is 23.4 Å². The summed E-state index contributed by atoms with van der Waals surface area (Å²) in [7, 11) is 0. The van der Waals surface area contributed by atoms with Gasteiger partial charge in [0.05, 0.1) is 0 Å².